The minimum absolute atomic E-state index is 0.297. The highest BCUT2D eigenvalue weighted by Crippen LogP contribution is 2.34. The molecule has 0 saturated heterocycles. The van der Waals surface area contributed by atoms with Crippen molar-refractivity contribution < 1.29 is 9.47 Å². The van der Waals surface area contributed by atoms with E-state index in [9.17, 15) is 0 Å². The van der Waals surface area contributed by atoms with Gasteiger partial charge in [-0.2, -0.15) is 4.98 Å². The quantitative estimate of drug-likeness (QED) is 0.741. The maximum atomic E-state index is 6.16. The summed E-state index contributed by atoms with van der Waals surface area (Å²) < 4.78 is 11.1. The van der Waals surface area contributed by atoms with Crippen LogP contribution in [0.15, 0.2) is 54.9 Å². The molecule has 1 heterocycles. The van der Waals surface area contributed by atoms with Gasteiger partial charge in [0.15, 0.2) is 5.82 Å². The standard InChI is InChI=1S/C18H18N4O2/c1-12-8-9-15(23-2)14(10-12)22-17-16(19)18(21-11-20-17)24-13-6-4-3-5-7-13/h3-11H,19H2,1-2H3,(H,20,21,22). The number of nitrogens with zero attached hydrogens (tertiary/aromatic N) is 2. The maximum absolute atomic E-state index is 6.16. The van der Waals surface area contributed by atoms with Crippen molar-refractivity contribution in [2.24, 2.45) is 0 Å². The lowest BCUT2D eigenvalue weighted by molar-refractivity contribution is 0.416. The number of aromatic nitrogens is 2. The molecule has 1 aromatic heterocycles. The molecule has 0 aliphatic carbocycles. The smallest absolute Gasteiger partial charge is 0.248 e. The highest BCUT2D eigenvalue weighted by molar-refractivity contribution is 5.75. The van der Waals surface area contributed by atoms with Crippen LogP contribution in [0.2, 0.25) is 0 Å². The Balaban J connectivity index is 1.90. The summed E-state index contributed by atoms with van der Waals surface area (Å²) in [6, 6.07) is 15.1. The average Bonchev–Trinajstić information content (AvgIpc) is 2.60. The van der Waals surface area contributed by atoms with E-state index in [4.69, 9.17) is 15.2 Å². The van der Waals surface area contributed by atoms with Gasteiger partial charge >= 0.3 is 0 Å². The van der Waals surface area contributed by atoms with E-state index in [1.165, 1.54) is 6.33 Å². The highest BCUT2D eigenvalue weighted by atomic mass is 16.5. The fourth-order valence-electron chi connectivity index (χ4n) is 2.21. The lowest BCUT2D eigenvalue weighted by Crippen LogP contribution is -2.04. The number of hydrogen-bond acceptors (Lipinski definition) is 6. The average molecular weight is 322 g/mol. The summed E-state index contributed by atoms with van der Waals surface area (Å²) in [7, 11) is 1.61. The van der Waals surface area contributed by atoms with Crippen molar-refractivity contribution >= 4 is 17.2 Å². The third-order valence-electron chi connectivity index (χ3n) is 3.41. The first kappa shape index (κ1) is 15.6. The van der Waals surface area contributed by atoms with Crippen molar-refractivity contribution in [1.82, 2.24) is 9.97 Å². The van der Waals surface area contributed by atoms with E-state index in [1.54, 1.807) is 7.11 Å². The van der Waals surface area contributed by atoms with Gasteiger partial charge in [0.25, 0.3) is 0 Å². The molecule has 0 aliphatic heterocycles. The normalized spacial score (nSPS) is 10.2. The zero-order valence-corrected chi connectivity index (χ0v) is 13.5. The summed E-state index contributed by atoms with van der Waals surface area (Å²) >= 11 is 0. The molecule has 0 amide bonds. The van der Waals surface area contributed by atoms with E-state index in [0.717, 1.165) is 11.3 Å². The second-order valence-corrected chi connectivity index (χ2v) is 5.18. The van der Waals surface area contributed by atoms with Crippen molar-refractivity contribution in [3.63, 3.8) is 0 Å². The monoisotopic (exact) mass is 322 g/mol. The van der Waals surface area contributed by atoms with E-state index in [1.807, 2.05) is 55.5 Å². The fraction of sp³-hybridized carbons (Fsp3) is 0.111. The molecule has 0 aliphatic rings. The van der Waals surface area contributed by atoms with Crippen LogP contribution < -0.4 is 20.5 Å². The first-order valence-corrected chi connectivity index (χ1v) is 7.42. The zero-order valence-electron chi connectivity index (χ0n) is 13.5. The van der Waals surface area contributed by atoms with Gasteiger partial charge < -0.3 is 20.5 Å². The fourth-order valence-corrected chi connectivity index (χ4v) is 2.21. The summed E-state index contributed by atoms with van der Waals surface area (Å²) in [6.07, 6.45) is 1.40. The minimum Gasteiger partial charge on any atom is -0.495 e. The van der Waals surface area contributed by atoms with Gasteiger partial charge in [0.05, 0.1) is 12.8 Å². The first-order chi connectivity index (χ1) is 11.7. The van der Waals surface area contributed by atoms with Crippen LogP contribution in [0.3, 0.4) is 0 Å². The zero-order chi connectivity index (χ0) is 16.9. The molecule has 0 bridgehead atoms. The topological polar surface area (TPSA) is 82.3 Å². The van der Waals surface area contributed by atoms with Gasteiger partial charge in [-0.25, -0.2) is 4.98 Å². The Kier molecular flexibility index (Phi) is 4.47. The second kappa shape index (κ2) is 6.87. The molecule has 2 aromatic carbocycles. The van der Waals surface area contributed by atoms with Gasteiger partial charge in [0.1, 0.15) is 23.5 Å². The molecule has 6 nitrogen and oxygen atoms in total. The number of nitrogens with one attached hydrogen (secondary N) is 1. The van der Waals surface area contributed by atoms with Gasteiger partial charge in [0, 0.05) is 0 Å². The van der Waals surface area contributed by atoms with E-state index in [0.29, 0.717) is 28.9 Å². The lowest BCUT2D eigenvalue weighted by atomic mass is 10.2. The van der Waals surface area contributed by atoms with Crippen molar-refractivity contribution in [2.45, 2.75) is 6.92 Å². The highest BCUT2D eigenvalue weighted by Gasteiger charge is 2.12. The largest absolute Gasteiger partial charge is 0.495 e. The molecule has 0 atom stereocenters. The van der Waals surface area contributed by atoms with Crippen molar-refractivity contribution in [1.29, 1.82) is 0 Å². The van der Waals surface area contributed by atoms with Crippen LogP contribution in [0.5, 0.6) is 17.4 Å². The number of rotatable bonds is 5. The Bertz CT molecular complexity index is 838. The minimum atomic E-state index is 0.297. The number of nitrogens with two attached hydrogens (primary N) is 1. The Hall–Kier alpha value is -3.28. The van der Waals surface area contributed by atoms with Gasteiger partial charge in [-0.15, -0.1) is 0 Å². The predicted octanol–water partition coefficient (Wildman–Crippen LogP) is 3.91. The number of nitrogen functional groups attached to an aromatic ring is 1. The Labute approximate surface area is 140 Å². The third-order valence-corrected chi connectivity index (χ3v) is 3.41. The molecular weight excluding hydrogens is 304 g/mol. The van der Waals surface area contributed by atoms with E-state index in [-0.39, 0.29) is 0 Å². The molecule has 0 unspecified atom stereocenters. The summed E-state index contributed by atoms with van der Waals surface area (Å²) in [5, 5.41) is 3.18. The number of anilines is 3. The van der Waals surface area contributed by atoms with Crippen LogP contribution in [-0.4, -0.2) is 17.1 Å². The number of ether oxygens (including phenoxy) is 2. The van der Waals surface area contributed by atoms with Gasteiger partial charge in [-0.1, -0.05) is 24.3 Å². The van der Waals surface area contributed by atoms with E-state index in [2.05, 4.69) is 15.3 Å². The van der Waals surface area contributed by atoms with Crippen molar-refractivity contribution in [3.8, 4) is 17.4 Å². The molecule has 0 spiro atoms. The molecule has 3 N–H and O–H groups in total. The molecule has 3 aromatic rings. The van der Waals surface area contributed by atoms with Crippen LogP contribution in [0, 0.1) is 6.92 Å². The Morgan fingerprint density at radius 2 is 1.83 bits per heavy atom. The molecule has 0 saturated carbocycles. The van der Waals surface area contributed by atoms with Crippen LogP contribution in [-0.2, 0) is 0 Å². The van der Waals surface area contributed by atoms with Crippen LogP contribution >= 0.6 is 0 Å². The molecule has 0 radical (unpaired) electrons. The summed E-state index contributed by atoms with van der Waals surface area (Å²) in [6.45, 7) is 2.00. The number of para-hydroxylation sites is 1. The summed E-state index contributed by atoms with van der Waals surface area (Å²) in [5.74, 6) is 2.11. The summed E-state index contributed by atoms with van der Waals surface area (Å²) in [4.78, 5) is 8.30. The first-order valence-electron chi connectivity index (χ1n) is 7.42. The SMILES string of the molecule is COc1ccc(C)cc1Nc1ncnc(Oc2ccccc2)c1N. The van der Waals surface area contributed by atoms with Crippen LogP contribution in [0.4, 0.5) is 17.2 Å². The van der Waals surface area contributed by atoms with E-state index >= 15 is 0 Å². The van der Waals surface area contributed by atoms with E-state index < -0.39 is 0 Å². The Morgan fingerprint density at radius 3 is 2.58 bits per heavy atom. The van der Waals surface area contributed by atoms with Crippen LogP contribution in [0.25, 0.3) is 0 Å². The predicted molar refractivity (Wildman–Crippen MR) is 94.0 cm³/mol. The molecule has 24 heavy (non-hydrogen) atoms. The van der Waals surface area contributed by atoms with Crippen molar-refractivity contribution in [2.75, 3.05) is 18.2 Å². The summed E-state index contributed by atoms with van der Waals surface area (Å²) in [5.41, 5.74) is 8.34. The molecule has 0 fully saturated rings. The van der Waals surface area contributed by atoms with Gasteiger partial charge in [-0.05, 0) is 36.8 Å². The third kappa shape index (κ3) is 3.38. The lowest BCUT2D eigenvalue weighted by Gasteiger charge is -2.14. The van der Waals surface area contributed by atoms with Gasteiger partial charge in [-0.3, -0.25) is 0 Å². The molecular formula is C18H18N4O2. The number of hydrogen-bond donors (Lipinski definition) is 2. The second-order valence-electron chi connectivity index (χ2n) is 5.18. The molecule has 6 heteroatoms. The van der Waals surface area contributed by atoms with Gasteiger partial charge in [0.2, 0.25) is 5.88 Å². The van der Waals surface area contributed by atoms with Crippen LogP contribution in [0.1, 0.15) is 5.56 Å². The molecule has 3 rings (SSSR count). The number of aryl methyl sites for hydroxylation is 1. The number of methoxy groups -OCH3 is 1. The molecule has 122 valence electrons. The Morgan fingerprint density at radius 1 is 1.04 bits per heavy atom. The van der Waals surface area contributed by atoms with Crippen molar-refractivity contribution in [3.05, 3.63) is 60.4 Å². The number of benzene rings is 2. The maximum Gasteiger partial charge on any atom is 0.248 e.